The second-order valence-corrected chi connectivity index (χ2v) is 17.8. The molecule has 7 nitrogen and oxygen atoms in total. The zero-order valence-electron chi connectivity index (χ0n) is 35.5. The van der Waals surface area contributed by atoms with Gasteiger partial charge in [0.2, 0.25) is 0 Å². The van der Waals surface area contributed by atoms with Crippen molar-refractivity contribution in [1.82, 2.24) is 0 Å². The van der Waals surface area contributed by atoms with E-state index in [0.29, 0.717) is 30.8 Å². The van der Waals surface area contributed by atoms with Crippen molar-refractivity contribution in [2.75, 3.05) is 60.7 Å². The van der Waals surface area contributed by atoms with Crippen LogP contribution >= 0.6 is 7.82 Å². The number of unbranched alkanes of at least 4 members (excludes halogenated alkanes) is 27. The fourth-order valence-electron chi connectivity index (χ4n) is 6.35. The molecule has 0 fully saturated rings. The molecule has 0 radical (unpaired) electrons. The Labute approximate surface area is 325 Å². The van der Waals surface area contributed by atoms with Crippen LogP contribution in [0.4, 0.5) is 0 Å². The van der Waals surface area contributed by atoms with Crippen molar-refractivity contribution in [1.29, 1.82) is 0 Å². The summed E-state index contributed by atoms with van der Waals surface area (Å²) in [6.45, 7) is 6.75. The van der Waals surface area contributed by atoms with E-state index in [1.54, 1.807) is 0 Å². The van der Waals surface area contributed by atoms with E-state index in [-0.39, 0.29) is 13.2 Å². The first-order chi connectivity index (χ1) is 25.2. The summed E-state index contributed by atoms with van der Waals surface area (Å²) in [5, 5.41) is 0. The van der Waals surface area contributed by atoms with Gasteiger partial charge in [-0.25, -0.2) is 0 Å². The van der Waals surface area contributed by atoms with Crippen LogP contribution < -0.4 is 4.89 Å². The van der Waals surface area contributed by atoms with Gasteiger partial charge in [-0.05, 0) is 38.5 Å². The molecule has 0 saturated carbocycles. The van der Waals surface area contributed by atoms with Crippen molar-refractivity contribution in [3.8, 4) is 0 Å². The smallest absolute Gasteiger partial charge is 0.268 e. The van der Waals surface area contributed by atoms with E-state index in [1.165, 1.54) is 173 Å². The first-order valence-corrected chi connectivity index (χ1v) is 23.9. The number of allylic oxidation sites excluding steroid dienone is 2. The summed E-state index contributed by atoms with van der Waals surface area (Å²) in [6, 6.07) is 0. The Bertz CT molecular complexity index is 789. The number of quaternary nitrogens is 1. The third-order valence-electron chi connectivity index (χ3n) is 9.89. The van der Waals surface area contributed by atoms with E-state index in [9.17, 15) is 9.46 Å². The molecule has 0 aliphatic carbocycles. The van der Waals surface area contributed by atoms with Crippen LogP contribution in [0.2, 0.25) is 0 Å². The van der Waals surface area contributed by atoms with Crippen LogP contribution in [0.1, 0.15) is 206 Å². The number of hydrogen-bond acceptors (Lipinski definition) is 6. The van der Waals surface area contributed by atoms with Crippen molar-refractivity contribution < 1.29 is 32.5 Å². The van der Waals surface area contributed by atoms with Crippen molar-refractivity contribution in [3.63, 3.8) is 0 Å². The Morgan fingerprint density at radius 2 is 0.885 bits per heavy atom. The molecule has 0 aromatic carbocycles. The van der Waals surface area contributed by atoms with E-state index in [1.807, 2.05) is 21.1 Å². The molecule has 2 atom stereocenters. The van der Waals surface area contributed by atoms with E-state index in [0.717, 1.165) is 19.3 Å². The summed E-state index contributed by atoms with van der Waals surface area (Å²) in [5.74, 6) is 0. The quantitative estimate of drug-likeness (QED) is 0.0267. The van der Waals surface area contributed by atoms with Gasteiger partial charge < -0.3 is 27.9 Å². The number of rotatable bonds is 43. The lowest BCUT2D eigenvalue weighted by molar-refractivity contribution is -0.870. The molecule has 52 heavy (non-hydrogen) atoms. The van der Waals surface area contributed by atoms with Gasteiger partial charge in [0.05, 0.1) is 34.4 Å². The van der Waals surface area contributed by atoms with Crippen LogP contribution in [0.25, 0.3) is 0 Å². The third-order valence-corrected chi connectivity index (χ3v) is 10.8. The molecule has 1 unspecified atom stereocenters. The molecule has 0 bridgehead atoms. The number of nitrogens with zero attached hydrogens (tertiary/aromatic N) is 1. The van der Waals surface area contributed by atoms with E-state index >= 15 is 0 Å². The standard InChI is InChI=1S/C44H90NO6P/c1-6-8-10-12-14-16-18-20-22-24-26-28-30-32-34-36-39-48-42-44(43-51-52(46,47)50-41-38-45(3,4)5)49-40-37-35-33-31-29-27-25-23-21-19-17-15-13-11-9-7-2/h21,23,44H,6-20,22,24-43H2,1-5H3/b23-21-/t44-/m1/s1. The second kappa shape index (κ2) is 39.0. The summed E-state index contributed by atoms with van der Waals surface area (Å²) in [5.41, 5.74) is 0. The predicted octanol–water partition coefficient (Wildman–Crippen LogP) is 12.9. The number of phosphoric acid groups is 1. The molecule has 312 valence electrons. The van der Waals surface area contributed by atoms with Crippen LogP contribution in [0.15, 0.2) is 12.2 Å². The summed E-state index contributed by atoms with van der Waals surface area (Å²) < 4.78 is 35.3. The van der Waals surface area contributed by atoms with E-state index in [2.05, 4.69) is 26.0 Å². The Morgan fingerprint density at radius 1 is 0.500 bits per heavy atom. The minimum Gasteiger partial charge on any atom is -0.756 e. The maximum absolute atomic E-state index is 12.4. The van der Waals surface area contributed by atoms with Gasteiger partial charge in [0, 0.05) is 13.2 Å². The number of hydrogen-bond donors (Lipinski definition) is 0. The highest BCUT2D eigenvalue weighted by molar-refractivity contribution is 7.45. The Kier molecular flexibility index (Phi) is 38.8. The highest BCUT2D eigenvalue weighted by Crippen LogP contribution is 2.38. The fraction of sp³-hybridized carbons (Fsp3) is 0.955. The highest BCUT2D eigenvalue weighted by Gasteiger charge is 2.18. The maximum atomic E-state index is 12.4. The SMILES string of the molecule is CCCCCCCC/C=C\CCCCCCCCO[C@H](COCCCCCCCCCCCCCCCCCC)COP(=O)([O-])OCC[N+](C)(C)C. The lowest BCUT2D eigenvalue weighted by Gasteiger charge is -2.28. The van der Waals surface area contributed by atoms with Gasteiger partial charge in [-0.3, -0.25) is 4.57 Å². The van der Waals surface area contributed by atoms with Crippen LogP contribution in [0.3, 0.4) is 0 Å². The maximum Gasteiger partial charge on any atom is 0.268 e. The van der Waals surface area contributed by atoms with Crippen LogP contribution in [0.5, 0.6) is 0 Å². The van der Waals surface area contributed by atoms with Crippen molar-refractivity contribution in [3.05, 3.63) is 12.2 Å². The fourth-order valence-corrected chi connectivity index (χ4v) is 7.08. The molecule has 0 aromatic heterocycles. The van der Waals surface area contributed by atoms with Gasteiger partial charge in [-0.1, -0.05) is 180 Å². The molecule has 0 aliphatic heterocycles. The molecule has 0 spiro atoms. The van der Waals surface area contributed by atoms with Crippen LogP contribution in [-0.2, 0) is 23.1 Å². The average molecular weight is 760 g/mol. The Hall–Kier alpha value is -0.270. The minimum atomic E-state index is -4.39. The molecule has 0 heterocycles. The van der Waals surface area contributed by atoms with Gasteiger partial charge in [-0.15, -0.1) is 0 Å². The first kappa shape index (κ1) is 51.7. The summed E-state index contributed by atoms with van der Waals surface area (Å²) in [7, 11) is 1.60. The van der Waals surface area contributed by atoms with Crippen molar-refractivity contribution >= 4 is 7.82 Å². The zero-order valence-corrected chi connectivity index (χ0v) is 36.4. The monoisotopic (exact) mass is 760 g/mol. The van der Waals surface area contributed by atoms with Crippen molar-refractivity contribution in [2.45, 2.75) is 213 Å². The van der Waals surface area contributed by atoms with Crippen LogP contribution in [-0.4, -0.2) is 71.3 Å². The molecule has 0 aliphatic rings. The number of phosphoric ester groups is 1. The van der Waals surface area contributed by atoms with Gasteiger partial charge in [-0.2, -0.15) is 0 Å². The summed E-state index contributed by atoms with van der Waals surface area (Å²) in [4.78, 5) is 12.4. The summed E-state index contributed by atoms with van der Waals surface area (Å²) in [6.07, 6.45) is 43.6. The first-order valence-electron chi connectivity index (χ1n) is 22.4. The predicted molar refractivity (Wildman–Crippen MR) is 222 cm³/mol. The Morgan fingerprint density at radius 3 is 1.31 bits per heavy atom. The molecule has 0 aromatic rings. The molecule has 0 saturated heterocycles. The van der Waals surface area contributed by atoms with Gasteiger partial charge in [0.15, 0.2) is 0 Å². The minimum absolute atomic E-state index is 0.0729. The van der Waals surface area contributed by atoms with Crippen LogP contribution in [0, 0.1) is 0 Å². The van der Waals surface area contributed by atoms with Gasteiger partial charge in [0.1, 0.15) is 19.3 Å². The molecule has 0 rings (SSSR count). The van der Waals surface area contributed by atoms with Crippen molar-refractivity contribution in [2.24, 2.45) is 0 Å². The normalized spacial score (nSPS) is 14.0. The molecule has 0 N–H and O–H groups in total. The lowest BCUT2D eigenvalue weighted by atomic mass is 10.0. The number of ether oxygens (including phenoxy) is 2. The molecule has 8 heteroatoms. The molecular formula is C44H90NO6P. The lowest BCUT2D eigenvalue weighted by Crippen LogP contribution is -2.37. The number of likely N-dealkylation sites (N-methyl/N-ethyl adjacent to an activating group) is 1. The van der Waals surface area contributed by atoms with E-state index in [4.69, 9.17) is 18.5 Å². The van der Waals surface area contributed by atoms with E-state index < -0.39 is 13.9 Å². The highest BCUT2D eigenvalue weighted by atomic mass is 31.2. The topological polar surface area (TPSA) is 77.1 Å². The molecule has 0 amide bonds. The average Bonchev–Trinajstić information content (AvgIpc) is 3.10. The second-order valence-electron chi connectivity index (χ2n) is 16.4. The zero-order chi connectivity index (χ0) is 38.3. The largest absolute Gasteiger partial charge is 0.756 e. The summed E-state index contributed by atoms with van der Waals surface area (Å²) >= 11 is 0. The third kappa shape index (κ3) is 42.5. The Balaban J connectivity index is 4.07. The molecular weight excluding hydrogens is 669 g/mol. The van der Waals surface area contributed by atoms with Gasteiger partial charge in [0.25, 0.3) is 7.82 Å². The van der Waals surface area contributed by atoms with Gasteiger partial charge >= 0.3 is 0 Å².